The van der Waals surface area contributed by atoms with Gasteiger partial charge in [-0.2, -0.15) is 0 Å². The zero-order valence-corrected chi connectivity index (χ0v) is 13.0. The molecule has 0 aliphatic carbocycles. The van der Waals surface area contributed by atoms with E-state index in [9.17, 15) is 13.2 Å². The monoisotopic (exact) mass is 322 g/mol. The number of methoxy groups -OCH3 is 1. The van der Waals surface area contributed by atoms with Crippen LogP contribution in [0.25, 0.3) is 0 Å². The number of halogens is 1. The lowest BCUT2D eigenvalue weighted by atomic mass is 10.2. The van der Waals surface area contributed by atoms with Crippen LogP contribution >= 0.6 is 12.4 Å². The highest BCUT2D eigenvalue weighted by Gasteiger charge is 2.15. The molecule has 114 valence electrons. The Kier molecular flexibility index (Phi) is 8.40. The maximum Gasteiger partial charge on any atom is 0.337 e. The molecule has 0 aliphatic heterocycles. The van der Waals surface area contributed by atoms with Crippen LogP contribution < -0.4 is 10.0 Å². The van der Waals surface area contributed by atoms with E-state index in [0.717, 1.165) is 6.54 Å². The first-order chi connectivity index (χ1) is 9.01. The third-order valence-electron chi connectivity index (χ3n) is 2.46. The molecule has 0 bridgehead atoms. The topological polar surface area (TPSA) is 84.5 Å². The van der Waals surface area contributed by atoms with Gasteiger partial charge in [-0.15, -0.1) is 12.4 Å². The van der Waals surface area contributed by atoms with Crippen LogP contribution in [0.4, 0.5) is 0 Å². The largest absolute Gasteiger partial charge is 0.465 e. The van der Waals surface area contributed by atoms with E-state index in [1.807, 2.05) is 0 Å². The average molecular weight is 323 g/mol. The number of carbonyl (C=O) groups is 1. The summed E-state index contributed by atoms with van der Waals surface area (Å²) in [6.45, 7) is 1.07. The summed E-state index contributed by atoms with van der Waals surface area (Å²) < 4.78 is 31.0. The van der Waals surface area contributed by atoms with Crippen LogP contribution in [0.3, 0.4) is 0 Å². The first-order valence-electron chi connectivity index (χ1n) is 5.84. The Balaban J connectivity index is 0.00000361. The van der Waals surface area contributed by atoms with E-state index >= 15 is 0 Å². The Morgan fingerprint density at radius 2 is 2.00 bits per heavy atom. The van der Waals surface area contributed by atoms with E-state index in [4.69, 9.17) is 0 Å². The molecule has 0 amide bonds. The Morgan fingerprint density at radius 1 is 1.30 bits per heavy atom. The molecule has 6 nitrogen and oxygen atoms in total. The van der Waals surface area contributed by atoms with Gasteiger partial charge in [-0.1, -0.05) is 6.07 Å². The summed E-state index contributed by atoms with van der Waals surface area (Å²) in [5, 5.41) is 2.93. The number of hydrogen-bond donors (Lipinski definition) is 2. The van der Waals surface area contributed by atoms with Gasteiger partial charge < -0.3 is 10.1 Å². The molecule has 8 heteroatoms. The number of benzene rings is 1. The quantitative estimate of drug-likeness (QED) is 0.572. The van der Waals surface area contributed by atoms with E-state index in [1.165, 1.54) is 31.4 Å². The van der Waals surface area contributed by atoms with Gasteiger partial charge in [-0.25, -0.2) is 17.9 Å². The van der Waals surface area contributed by atoms with Gasteiger partial charge >= 0.3 is 5.97 Å². The van der Waals surface area contributed by atoms with Crippen LogP contribution in [0.2, 0.25) is 0 Å². The number of carbonyl (C=O) groups excluding carboxylic acids is 1. The molecule has 1 rings (SSSR count). The number of sulfonamides is 1. The molecule has 2 N–H and O–H groups in total. The summed E-state index contributed by atoms with van der Waals surface area (Å²) >= 11 is 0. The Hall–Kier alpha value is -1.15. The highest BCUT2D eigenvalue weighted by Crippen LogP contribution is 2.12. The summed E-state index contributed by atoms with van der Waals surface area (Å²) in [6.07, 6.45) is 0.687. The smallest absolute Gasteiger partial charge is 0.337 e. The van der Waals surface area contributed by atoms with Crippen LogP contribution in [-0.2, 0) is 14.8 Å². The van der Waals surface area contributed by atoms with Crippen molar-refractivity contribution in [3.63, 3.8) is 0 Å². The van der Waals surface area contributed by atoms with Crippen molar-refractivity contribution >= 4 is 28.4 Å². The number of nitrogens with one attached hydrogen (secondary N) is 2. The normalized spacial score (nSPS) is 10.7. The van der Waals surface area contributed by atoms with Crippen LogP contribution in [0, 0.1) is 0 Å². The van der Waals surface area contributed by atoms with E-state index in [2.05, 4.69) is 14.8 Å². The van der Waals surface area contributed by atoms with Gasteiger partial charge in [0.15, 0.2) is 0 Å². The predicted octanol–water partition coefficient (Wildman–Crippen LogP) is 0.783. The van der Waals surface area contributed by atoms with Crippen molar-refractivity contribution in [2.45, 2.75) is 11.3 Å². The number of esters is 1. The van der Waals surface area contributed by atoms with E-state index in [1.54, 1.807) is 7.05 Å². The summed E-state index contributed by atoms with van der Waals surface area (Å²) in [7, 11) is -0.541. The van der Waals surface area contributed by atoms with Crippen LogP contribution in [0.1, 0.15) is 16.8 Å². The lowest BCUT2D eigenvalue weighted by Gasteiger charge is -2.07. The van der Waals surface area contributed by atoms with Gasteiger partial charge in [0.2, 0.25) is 10.0 Å². The standard InChI is InChI=1S/C12H18N2O4S.ClH/c1-13-7-4-8-14-19(16,17)11-6-3-5-10(9-11)12(15)18-2;/h3,5-6,9,13-14H,4,7-8H2,1-2H3;1H. The molecule has 1 aromatic rings. The van der Waals surface area contributed by atoms with Gasteiger partial charge in [0.1, 0.15) is 0 Å². The fourth-order valence-corrected chi connectivity index (χ4v) is 2.58. The minimum absolute atomic E-state index is 0. The first kappa shape index (κ1) is 18.9. The zero-order valence-electron chi connectivity index (χ0n) is 11.4. The Labute approximate surface area is 125 Å². The highest BCUT2D eigenvalue weighted by molar-refractivity contribution is 7.89. The molecule has 1 aromatic carbocycles. The molecular weight excluding hydrogens is 304 g/mol. The fraction of sp³-hybridized carbons (Fsp3) is 0.417. The second-order valence-corrected chi connectivity index (χ2v) is 5.64. The molecule has 0 saturated carbocycles. The summed E-state index contributed by atoms with van der Waals surface area (Å²) in [4.78, 5) is 11.4. The second kappa shape index (κ2) is 8.91. The van der Waals surface area contributed by atoms with Crippen LogP contribution in [0.15, 0.2) is 29.2 Å². The molecule has 0 unspecified atom stereocenters. The third kappa shape index (κ3) is 5.46. The molecule has 0 fully saturated rings. The van der Waals surface area contributed by atoms with Gasteiger partial charge in [-0.3, -0.25) is 0 Å². The predicted molar refractivity (Wildman–Crippen MR) is 78.8 cm³/mol. The molecule has 0 radical (unpaired) electrons. The molecule has 20 heavy (non-hydrogen) atoms. The molecule has 0 aliphatic rings. The lowest BCUT2D eigenvalue weighted by Crippen LogP contribution is -2.27. The summed E-state index contributed by atoms with van der Waals surface area (Å²) in [5.41, 5.74) is 0.209. The van der Waals surface area contributed by atoms with Crippen molar-refractivity contribution in [2.24, 2.45) is 0 Å². The molecule has 0 atom stereocenters. The van der Waals surface area contributed by atoms with Crippen molar-refractivity contribution in [1.29, 1.82) is 0 Å². The maximum atomic E-state index is 12.0. The van der Waals surface area contributed by atoms with Crippen molar-refractivity contribution in [2.75, 3.05) is 27.2 Å². The maximum absolute atomic E-state index is 12.0. The van der Waals surface area contributed by atoms with Gasteiger partial charge in [-0.05, 0) is 38.2 Å². The third-order valence-corrected chi connectivity index (χ3v) is 3.92. The first-order valence-corrected chi connectivity index (χ1v) is 7.32. The van der Waals surface area contributed by atoms with Gasteiger partial charge in [0, 0.05) is 6.54 Å². The number of hydrogen-bond acceptors (Lipinski definition) is 5. The van der Waals surface area contributed by atoms with E-state index < -0.39 is 16.0 Å². The molecule has 0 heterocycles. The number of ether oxygens (including phenoxy) is 1. The minimum atomic E-state index is -3.59. The zero-order chi connectivity index (χ0) is 14.3. The van der Waals surface area contributed by atoms with Crippen LogP contribution in [0.5, 0.6) is 0 Å². The van der Waals surface area contributed by atoms with E-state index in [-0.39, 0.29) is 22.9 Å². The van der Waals surface area contributed by atoms with Crippen LogP contribution in [-0.4, -0.2) is 41.6 Å². The molecular formula is C12H19ClN2O4S. The lowest BCUT2D eigenvalue weighted by molar-refractivity contribution is 0.0600. The molecule has 0 aromatic heterocycles. The van der Waals surface area contributed by atoms with Crippen molar-refractivity contribution < 1.29 is 17.9 Å². The Morgan fingerprint density at radius 3 is 2.60 bits per heavy atom. The van der Waals surface area contributed by atoms with E-state index in [0.29, 0.717) is 13.0 Å². The molecule has 0 saturated heterocycles. The number of rotatable bonds is 7. The van der Waals surface area contributed by atoms with Crippen molar-refractivity contribution in [3.05, 3.63) is 29.8 Å². The average Bonchev–Trinajstić information content (AvgIpc) is 2.43. The highest BCUT2D eigenvalue weighted by atomic mass is 35.5. The SMILES string of the molecule is CNCCCNS(=O)(=O)c1cccc(C(=O)OC)c1.Cl. The minimum Gasteiger partial charge on any atom is -0.465 e. The fourth-order valence-electron chi connectivity index (χ4n) is 1.46. The van der Waals surface area contributed by atoms with Crippen molar-refractivity contribution in [1.82, 2.24) is 10.0 Å². The van der Waals surface area contributed by atoms with Gasteiger partial charge in [0.05, 0.1) is 17.6 Å². The second-order valence-electron chi connectivity index (χ2n) is 3.87. The molecule has 0 spiro atoms. The van der Waals surface area contributed by atoms with Gasteiger partial charge in [0.25, 0.3) is 0 Å². The summed E-state index contributed by atoms with van der Waals surface area (Å²) in [5.74, 6) is -0.563. The Bertz CT molecular complexity index is 534. The summed E-state index contributed by atoms with van der Waals surface area (Å²) in [6, 6.07) is 5.75. The van der Waals surface area contributed by atoms with Crippen molar-refractivity contribution in [3.8, 4) is 0 Å².